The third kappa shape index (κ3) is 3.29. The Kier molecular flexibility index (Phi) is 4.62. The molecule has 0 saturated carbocycles. The van der Waals surface area contributed by atoms with Crippen LogP contribution in [0.4, 0.5) is 0 Å². The number of hydrogen-bond acceptors (Lipinski definition) is 5. The molecule has 0 aromatic carbocycles. The van der Waals surface area contributed by atoms with Crippen molar-refractivity contribution in [3.63, 3.8) is 0 Å². The number of aromatic nitrogens is 2. The summed E-state index contributed by atoms with van der Waals surface area (Å²) in [6.07, 6.45) is 0.893. The molecule has 0 fully saturated rings. The van der Waals surface area contributed by atoms with Crippen LogP contribution in [0.15, 0.2) is 11.2 Å². The Morgan fingerprint density at radius 2 is 2.16 bits per heavy atom. The minimum atomic E-state index is -4.02. The van der Waals surface area contributed by atoms with Gasteiger partial charge in [0, 0.05) is 27.1 Å². The first kappa shape index (κ1) is 15.1. The van der Waals surface area contributed by atoms with Crippen molar-refractivity contribution in [2.75, 3.05) is 20.6 Å². The summed E-state index contributed by atoms with van der Waals surface area (Å²) < 4.78 is 25.0. The summed E-state index contributed by atoms with van der Waals surface area (Å²) in [6.45, 7) is -0.0694. The molecule has 0 bridgehead atoms. The number of nitrogens with one attached hydrogen (secondary N) is 2. The average molecular weight is 290 g/mol. The van der Waals surface area contributed by atoms with Crippen molar-refractivity contribution >= 4 is 21.9 Å². The fourth-order valence-electron chi connectivity index (χ4n) is 1.28. The standard InChI is InChI=1S/C9H14N4O5S/c1-10-7(14)3-4-13(2)19(17,18)8-6(9(15)16)5-11-12-8/h5H,3-4H2,1-2H3,(H,10,14)(H,11,12)(H,15,16). The van der Waals surface area contributed by atoms with Gasteiger partial charge in [0.05, 0.1) is 6.20 Å². The van der Waals surface area contributed by atoms with E-state index in [9.17, 15) is 18.0 Å². The van der Waals surface area contributed by atoms with Crippen LogP contribution >= 0.6 is 0 Å². The number of carboxylic acid groups (broad SMARTS) is 1. The molecule has 0 atom stereocenters. The van der Waals surface area contributed by atoms with Crippen molar-refractivity contribution in [1.82, 2.24) is 19.8 Å². The number of amides is 1. The summed E-state index contributed by atoms with van der Waals surface area (Å²) >= 11 is 0. The number of nitrogens with zero attached hydrogens (tertiary/aromatic N) is 2. The molecule has 10 heteroatoms. The third-order valence-corrected chi connectivity index (χ3v) is 4.27. The summed E-state index contributed by atoms with van der Waals surface area (Å²) in [5.41, 5.74) is -0.438. The molecule has 0 unspecified atom stereocenters. The van der Waals surface area contributed by atoms with Gasteiger partial charge in [0.15, 0.2) is 5.03 Å². The number of H-pyrrole nitrogens is 1. The number of carboxylic acids is 1. The zero-order valence-electron chi connectivity index (χ0n) is 10.4. The SMILES string of the molecule is CNC(=O)CCN(C)S(=O)(=O)c1[nH]ncc1C(=O)O. The van der Waals surface area contributed by atoms with Crippen LogP contribution in [-0.2, 0) is 14.8 Å². The number of aromatic amines is 1. The van der Waals surface area contributed by atoms with Gasteiger partial charge in [-0.1, -0.05) is 0 Å². The quantitative estimate of drug-likeness (QED) is 0.607. The van der Waals surface area contributed by atoms with Crippen LogP contribution in [-0.4, -0.2) is 60.5 Å². The lowest BCUT2D eigenvalue weighted by atomic mass is 10.4. The van der Waals surface area contributed by atoms with Gasteiger partial charge < -0.3 is 10.4 Å². The van der Waals surface area contributed by atoms with E-state index in [2.05, 4.69) is 15.5 Å². The number of aromatic carboxylic acids is 1. The van der Waals surface area contributed by atoms with Gasteiger partial charge in [-0.05, 0) is 0 Å². The number of sulfonamides is 1. The molecule has 0 aliphatic rings. The number of carbonyl (C=O) groups is 2. The topological polar surface area (TPSA) is 132 Å². The largest absolute Gasteiger partial charge is 0.478 e. The van der Waals surface area contributed by atoms with E-state index in [1.54, 1.807) is 0 Å². The molecule has 0 spiro atoms. The Balaban J connectivity index is 2.94. The van der Waals surface area contributed by atoms with Crippen molar-refractivity contribution < 1.29 is 23.1 Å². The smallest absolute Gasteiger partial charge is 0.340 e. The van der Waals surface area contributed by atoms with Gasteiger partial charge in [-0.2, -0.15) is 9.40 Å². The molecule has 9 nitrogen and oxygen atoms in total. The molecule has 0 aliphatic carbocycles. The second kappa shape index (κ2) is 5.80. The molecule has 106 valence electrons. The van der Waals surface area contributed by atoms with Gasteiger partial charge in [0.25, 0.3) is 10.0 Å². The van der Waals surface area contributed by atoms with E-state index in [0.717, 1.165) is 10.5 Å². The highest BCUT2D eigenvalue weighted by Crippen LogP contribution is 2.16. The van der Waals surface area contributed by atoms with Crippen molar-refractivity contribution in [1.29, 1.82) is 0 Å². The van der Waals surface area contributed by atoms with Gasteiger partial charge in [0.2, 0.25) is 5.91 Å². The van der Waals surface area contributed by atoms with Crippen molar-refractivity contribution in [3.05, 3.63) is 11.8 Å². The first-order valence-electron chi connectivity index (χ1n) is 5.24. The highest BCUT2D eigenvalue weighted by molar-refractivity contribution is 7.89. The van der Waals surface area contributed by atoms with Crippen LogP contribution < -0.4 is 5.32 Å². The average Bonchev–Trinajstić information content (AvgIpc) is 2.85. The number of hydrogen-bond donors (Lipinski definition) is 3. The molecule has 1 rings (SSSR count). The summed E-state index contributed by atoms with van der Waals surface area (Å²) in [5, 5.41) is 16.3. The number of rotatable bonds is 6. The third-order valence-electron chi connectivity index (χ3n) is 2.44. The molecular weight excluding hydrogens is 276 g/mol. The highest BCUT2D eigenvalue weighted by atomic mass is 32.2. The van der Waals surface area contributed by atoms with E-state index < -0.39 is 26.6 Å². The van der Waals surface area contributed by atoms with Crippen LogP contribution in [0.2, 0.25) is 0 Å². The molecule has 0 radical (unpaired) electrons. The van der Waals surface area contributed by atoms with Crippen LogP contribution in [0.1, 0.15) is 16.8 Å². The fraction of sp³-hybridized carbons (Fsp3) is 0.444. The van der Waals surface area contributed by atoms with Crippen molar-refractivity contribution in [2.24, 2.45) is 0 Å². The van der Waals surface area contributed by atoms with Crippen LogP contribution in [0.25, 0.3) is 0 Å². The zero-order valence-corrected chi connectivity index (χ0v) is 11.2. The highest BCUT2D eigenvalue weighted by Gasteiger charge is 2.28. The molecular formula is C9H14N4O5S. The molecule has 0 saturated heterocycles. The number of carbonyl (C=O) groups excluding carboxylic acids is 1. The van der Waals surface area contributed by atoms with Crippen LogP contribution in [0.5, 0.6) is 0 Å². The first-order valence-corrected chi connectivity index (χ1v) is 6.68. The van der Waals surface area contributed by atoms with E-state index >= 15 is 0 Å². The van der Waals surface area contributed by atoms with Crippen LogP contribution in [0.3, 0.4) is 0 Å². The normalized spacial score (nSPS) is 11.5. The lowest BCUT2D eigenvalue weighted by molar-refractivity contribution is -0.120. The lowest BCUT2D eigenvalue weighted by Crippen LogP contribution is -2.32. The van der Waals surface area contributed by atoms with Crippen molar-refractivity contribution in [2.45, 2.75) is 11.4 Å². The lowest BCUT2D eigenvalue weighted by Gasteiger charge is -2.15. The molecule has 19 heavy (non-hydrogen) atoms. The van der Waals surface area contributed by atoms with E-state index in [0.29, 0.717) is 0 Å². The molecule has 1 aromatic heterocycles. The van der Waals surface area contributed by atoms with E-state index in [4.69, 9.17) is 5.11 Å². The van der Waals surface area contributed by atoms with E-state index in [1.807, 2.05) is 0 Å². The first-order chi connectivity index (χ1) is 8.80. The monoisotopic (exact) mass is 290 g/mol. The van der Waals surface area contributed by atoms with Gasteiger partial charge >= 0.3 is 5.97 Å². The molecule has 1 amide bonds. The Bertz CT molecular complexity index is 579. The van der Waals surface area contributed by atoms with E-state index in [1.165, 1.54) is 14.1 Å². The zero-order chi connectivity index (χ0) is 14.6. The predicted octanol–water partition coefficient (Wildman–Crippen LogP) is -1.14. The summed E-state index contributed by atoms with van der Waals surface area (Å²) in [5.74, 6) is -1.71. The van der Waals surface area contributed by atoms with Crippen molar-refractivity contribution in [3.8, 4) is 0 Å². The van der Waals surface area contributed by atoms with E-state index in [-0.39, 0.29) is 18.9 Å². The molecule has 1 heterocycles. The predicted molar refractivity (Wildman–Crippen MR) is 64.0 cm³/mol. The van der Waals surface area contributed by atoms with Gasteiger partial charge in [0.1, 0.15) is 5.56 Å². The molecule has 1 aromatic rings. The van der Waals surface area contributed by atoms with Gasteiger partial charge in [-0.25, -0.2) is 13.2 Å². The summed E-state index contributed by atoms with van der Waals surface area (Å²) in [6, 6.07) is 0. The Hall–Kier alpha value is -1.94. The Morgan fingerprint density at radius 1 is 1.53 bits per heavy atom. The summed E-state index contributed by atoms with van der Waals surface area (Å²) in [4.78, 5) is 21.9. The fourth-order valence-corrected chi connectivity index (χ4v) is 2.51. The summed E-state index contributed by atoms with van der Waals surface area (Å²) in [7, 11) is -1.33. The second-order valence-electron chi connectivity index (χ2n) is 3.67. The van der Waals surface area contributed by atoms with Crippen LogP contribution in [0, 0.1) is 0 Å². The second-order valence-corrected chi connectivity index (χ2v) is 5.65. The minimum absolute atomic E-state index is 0.0250. The molecule has 0 aliphatic heterocycles. The van der Waals surface area contributed by atoms with Gasteiger partial charge in [-0.3, -0.25) is 9.89 Å². The Morgan fingerprint density at radius 3 is 2.68 bits per heavy atom. The maximum Gasteiger partial charge on any atom is 0.340 e. The maximum absolute atomic E-state index is 12.1. The maximum atomic E-state index is 12.1. The van der Waals surface area contributed by atoms with Gasteiger partial charge in [-0.15, -0.1) is 0 Å². The Labute approximate surface area is 109 Å². The minimum Gasteiger partial charge on any atom is -0.478 e. The molecule has 3 N–H and O–H groups in total.